The summed E-state index contributed by atoms with van der Waals surface area (Å²) in [5.41, 5.74) is -16.9. The quantitative estimate of drug-likeness (QED) is 0.329. The van der Waals surface area contributed by atoms with Gasteiger partial charge in [-0.3, -0.25) is 0 Å². The van der Waals surface area contributed by atoms with Crippen LogP contribution in [-0.4, -0.2) is 28.6 Å². The topological polar surface area (TPSA) is 0 Å². The molecular formula is Cl10Si5. The van der Waals surface area contributed by atoms with Crippen molar-refractivity contribution in [2.45, 2.75) is 0 Å². The third-order valence-corrected chi connectivity index (χ3v) is 160. The summed E-state index contributed by atoms with van der Waals surface area (Å²) in [6.45, 7) is 0. The van der Waals surface area contributed by atoms with Crippen LogP contribution in [-0.2, 0) is 0 Å². The zero-order valence-corrected chi connectivity index (χ0v) is 18.8. The number of hydrogen-bond donors (Lipinski definition) is 0. The maximum Gasteiger partial charge on any atom is 0.295 e. The van der Waals surface area contributed by atoms with Gasteiger partial charge in [0.15, 0.2) is 0 Å². The summed E-state index contributed by atoms with van der Waals surface area (Å²) < 4.78 is 0. The smallest absolute Gasteiger partial charge is 0.148 e. The van der Waals surface area contributed by atoms with E-state index in [1.165, 1.54) is 0 Å². The van der Waals surface area contributed by atoms with E-state index in [2.05, 4.69) is 0 Å². The van der Waals surface area contributed by atoms with E-state index < -0.39 is 28.6 Å². The summed E-state index contributed by atoms with van der Waals surface area (Å²) in [5.74, 6) is 0. The van der Waals surface area contributed by atoms with Gasteiger partial charge in [-0.15, -0.1) is 111 Å². The van der Waals surface area contributed by atoms with E-state index in [4.69, 9.17) is 111 Å². The Morgan fingerprint density at radius 1 is 0.267 bits per heavy atom. The molecule has 0 N–H and O–H groups in total. The lowest BCUT2D eigenvalue weighted by Gasteiger charge is -2.27. The van der Waals surface area contributed by atoms with Gasteiger partial charge in [0.25, 0.3) is 28.6 Å². The molecule has 15 heteroatoms. The van der Waals surface area contributed by atoms with E-state index in [9.17, 15) is 0 Å². The van der Waals surface area contributed by atoms with Gasteiger partial charge in [-0.1, -0.05) is 0 Å². The molecule has 90 valence electrons. The van der Waals surface area contributed by atoms with Gasteiger partial charge in [-0.25, -0.2) is 0 Å². The summed E-state index contributed by atoms with van der Waals surface area (Å²) in [5, 5.41) is 0. The second-order valence-electron chi connectivity index (χ2n) is 2.87. The van der Waals surface area contributed by atoms with Crippen LogP contribution in [0.25, 0.3) is 0 Å². The predicted octanol–water partition coefficient (Wildman–Crippen LogP) is 4.99. The maximum atomic E-state index is 6.15. The third kappa shape index (κ3) is 1.92. The zero-order valence-electron chi connectivity index (χ0n) is 6.28. The van der Waals surface area contributed by atoms with Crippen LogP contribution in [0.1, 0.15) is 0 Å². The average Bonchev–Trinajstić information content (AvgIpc) is 2.04. The highest BCUT2D eigenvalue weighted by Crippen LogP contribution is 2.65. The lowest BCUT2D eigenvalue weighted by Crippen LogP contribution is -2.60. The van der Waals surface area contributed by atoms with Gasteiger partial charge in [-0.2, -0.15) is 0 Å². The van der Waals surface area contributed by atoms with E-state index in [1.807, 2.05) is 0 Å². The highest BCUT2D eigenvalue weighted by molar-refractivity contribution is 8.52. The normalized spacial score (nSPS) is 34.0. The first-order chi connectivity index (χ1) is 6.25. The van der Waals surface area contributed by atoms with Crippen LogP contribution in [0.4, 0.5) is 0 Å². The average molecular weight is 495 g/mol. The Kier molecular flexibility index (Phi) is 5.10. The van der Waals surface area contributed by atoms with Crippen molar-refractivity contribution in [1.29, 1.82) is 0 Å². The van der Waals surface area contributed by atoms with Gasteiger partial charge in [-0.05, 0) is 0 Å². The van der Waals surface area contributed by atoms with Crippen molar-refractivity contribution in [1.82, 2.24) is 0 Å². The van der Waals surface area contributed by atoms with Crippen LogP contribution in [0.2, 0.25) is 0 Å². The van der Waals surface area contributed by atoms with Gasteiger partial charge >= 0.3 is 0 Å². The highest BCUT2D eigenvalue weighted by atomic mass is 35.8. The standard InChI is InChI=1S/Cl10Si5/c1-11(2)12(3,4)14(7,8)15(9,10)13(11,5)6. The van der Waals surface area contributed by atoms with E-state index in [1.54, 1.807) is 0 Å². The molecule has 0 radical (unpaired) electrons. The van der Waals surface area contributed by atoms with Crippen molar-refractivity contribution in [2.75, 3.05) is 0 Å². The fourth-order valence-corrected chi connectivity index (χ4v) is 240. The van der Waals surface area contributed by atoms with Crippen molar-refractivity contribution < 1.29 is 0 Å². The lowest BCUT2D eigenvalue weighted by atomic mass is 26.3. The molecule has 0 aromatic rings. The Labute approximate surface area is 137 Å². The van der Waals surface area contributed by atoms with Crippen LogP contribution in [0.15, 0.2) is 0 Å². The monoisotopic (exact) mass is 490 g/mol. The van der Waals surface area contributed by atoms with E-state index in [0.29, 0.717) is 0 Å². The Hall–Kier alpha value is 3.98. The molecular weight excluding hydrogens is 495 g/mol. The van der Waals surface area contributed by atoms with E-state index in [0.717, 1.165) is 0 Å². The van der Waals surface area contributed by atoms with Crippen molar-refractivity contribution in [3.05, 3.63) is 0 Å². The van der Waals surface area contributed by atoms with Gasteiger partial charge in [0.1, 0.15) is 0 Å². The summed E-state index contributed by atoms with van der Waals surface area (Å²) in [6.07, 6.45) is 0. The first-order valence-corrected chi connectivity index (χ1v) is 28.3. The molecule has 0 saturated carbocycles. The largest absolute Gasteiger partial charge is 0.295 e. The molecule has 0 amide bonds. The van der Waals surface area contributed by atoms with Crippen molar-refractivity contribution in [3.63, 3.8) is 0 Å². The summed E-state index contributed by atoms with van der Waals surface area (Å²) in [7, 11) is 0. The molecule has 0 aromatic carbocycles. The number of halogens is 10. The molecule has 1 aliphatic heterocycles. The minimum atomic E-state index is -3.39. The van der Waals surface area contributed by atoms with E-state index >= 15 is 0 Å². The molecule has 0 aromatic heterocycles. The van der Waals surface area contributed by atoms with E-state index in [-0.39, 0.29) is 0 Å². The zero-order chi connectivity index (χ0) is 12.5. The van der Waals surface area contributed by atoms with Crippen LogP contribution in [0.3, 0.4) is 0 Å². The number of rotatable bonds is 0. The minimum Gasteiger partial charge on any atom is -0.148 e. The van der Waals surface area contributed by atoms with Crippen LogP contribution >= 0.6 is 111 Å². The van der Waals surface area contributed by atoms with Crippen molar-refractivity contribution >= 4 is 139 Å². The predicted molar refractivity (Wildman–Crippen MR) is 87.3 cm³/mol. The van der Waals surface area contributed by atoms with Gasteiger partial charge < -0.3 is 0 Å². The molecule has 1 saturated heterocycles. The Morgan fingerprint density at radius 3 is 0.400 bits per heavy atom. The second kappa shape index (κ2) is 4.49. The Morgan fingerprint density at radius 2 is 0.333 bits per heavy atom. The maximum absolute atomic E-state index is 6.15. The lowest BCUT2D eigenvalue weighted by molar-refractivity contribution is 3.34. The molecule has 0 atom stereocenters. The SMILES string of the molecule is Cl[Si]1(Cl)[Si](Cl)(Cl)[Si](Cl)(Cl)[Si](Cl)(Cl)[Si]1(Cl)Cl. The summed E-state index contributed by atoms with van der Waals surface area (Å²) >= 11 is 61.5. The third-order valence-electron chi connectivity index (χ3n) is 1.97. The summed E-state index contributed by atoms with van der Waals surface area (Å²) in [6, 6.07) is 0. The molecule has 0 nitrogen and oxygen atoms in total. The van der Waals surface area contributed by atoms with Gasteiger partial charge in [0.05, 0.1) is 0 Å². The fourth-order valence-electron chi connectivity index (χ4n) is 0.986. The molecule has 0 unspecified atom stereocenters. The second-order valence-corrected chi connectivity index (χ2v) is 77.5. The highest BCUT2D eigenvalue weighted by Gasteiger charge is 2.95. The minimum absolute atomic E-state index is 3.39. The van der Waals surface area contributed by atoms with Crippen molar-refractivity contribution in [3.8, 4) is 0 Å². The molecule has 1 rings (SSSR count). The molecule has 15 heavy (non-hydrogen) atoms. The van der Waals surface area contributed by atoms with Crippen LogP contribution in [0, 0.1) is 0 Å². The molecule has 0 spiro atoms. The van der Waals surface area contributed by atoms with Gasteiger partial charge in [0, 0.05) is 0 Å². The fraction of sp³-hybridized carbons (Fsp3) is 0. The van der Waals surface area contributed by atoms with Crippen LogP contribution < -0.4 is 0 Å². The molecule has 1 fully saturated rings. The molecule has 1 aliphatic rings. The summed E-state index contributed by atoms with van der Waals surface area (Å²) in [4.78, 5) is 0. The molecule has 0 aliphatic carbocycles. The first kappa shape index (κ1) is 17.0. The Balaban J connectivity index is 3.55. The number of hydrogen-bond acceptors (Lipinski definition) is 0. The Bertz CT molecular complexity index is 199. The molecule has 1 heterocycles. The van der Waals surface area contributed by atoms with Crippen molar-refractivity contribution in [2.24, 2.45) is 0 Å². The molecule has 0 bridgehead atoms. The van der Waals surface area contributed by atoms with Crippen LogP contribution in [0.5, 0.6) is 0 Å². The first-order valence-electron chi connectivity index (χ1n) is 3.14. The van der Waals surface area contributed by atoms with Gasteiger partial charge in [0.2, 0.25) is 0 Å².